The second-order valence-corrected chi connectivity index (χ2v) is 5.65. The quantitative estimate of drug-likeness (QED) is 0.709. The molecule has 1 aromatic heterocycles. The van der Waals surface area contributed by atoms with E-state index in [0.29, 0.717) is 0 Å². The van der Waals surface area contributed by atoms with Crippen LogP contribution in [0.5, 0.6) is 0 Å². The monoisotopic (exact) mass is 278 g/mol. The normalized spacial score (nSPS) is 15.2. The van der Waals surface area contributed by atoms with Crippen LogP contribution < -0.4 is 5.73 Å². The predicted molar refractivity (Wildman–Crippen MR) is 84.8 cm³/mol. The zero-order valence-electron chi connectivity index (χ0n) is 11.8. The molecule has 4 rings (SSSR count). The summed E-state index contributed by atoms with van der Waals surface area (Å²) in [6, 6.07) is 14.4. The van der Waals surface area contributed by atoms with Crippen molar-refractivity contribution in [1.29, 1.82) is 0 Å². The molecule has 0 spiro atoms. The molecule has 0 fully saturated rings. The first-order valence-electron chi connectivity index (χ1n) is 7.32. The number of rotatable bonds is 2. The van der Waals surface area contributed by atoms with E-state index in [2.05, 4.69) is 27.0 Å². The van der Waals surface area contributed by atoms with Crippen LogP contribution in [-0.4, -0.2) is 21.4 Å². The van der Waals surface area contributed by atoms with E-state index in [1.807, 2.05) is 30.3 Å². The van der Waals surface area contributed by atoms with E-state index in [9.17, 15) is 0 Å². The van der Waals surface area contributed by atoms with E-state index in [4.69, 9.17) is 5.73 Å². The molecule has 3 aromatic rings. The number of benzene rings is 2. The van der Waals surface area contributed by atoms with Crippen LogP contribution in [0.1, 0.15) is 17.0 Å². The van der Waals surface area contributed by atoms with E-state index in [1.165, 1.54) is 11.1 Å². The summed E-state index contributed by atoms with van der Waals surface area (Å²) >= 11 is 0. The first kappa shape index (κ1) is 12.4. The number of anilines is 1. The molecule has 1 aliphatic rings. The third-order valence-electron chi connectivity index (χ3n) is 4.19. The topological polar surface area (TPSA) is 57.9 Å². The summed E-state index contributed by atoms with van der Waals surface area (Å²) in [4.78, 5) is 10.5. The van der Waals surface area contributed by atoms with E-state index in [0.717, 1.165) is 48.6 Å². The SMILES string of the molecule is Nc1cccc2c1CCN(Cc1nc3ccccc3[nH]1)C2. The van der Waals surface area contributed by atoms with E-state index in [1.54, 1.807) is 0 Å². The maximum absolute atomic E-state index is 6.05. The van der Waals surface area contributed by atoms with Crippen LogP contribution in [0.15, 0.2) is 42.5 Å². The van der Waals surface area contributed by atoms with Crippen LogP contribution >= 0.6 is 0 Å². The summed E-state index contributed by atoms with van der Waals surface area (Å²) in [5, 5.41) is 0. The van der Waals surface area contributed by atoms with Gasteiger partial charge in [-0.25, -0.2) is 4.98 Å². The van der Waals surface area contributed by atoms with Gasteiger partial charge in [0.1, 0.15) is 5.82 Å². The molecule has 0 atom stereocenters. The van der Waals surface area contributed by atoms with Gasteiger partial charge in [-0.3, -0.25) is 4.90 Å². The lowest BCUT2D eigenvalue weighted by atomic mass is 9.98. The number of imidazole rings is 1. The molecule has 4 nitrogen and oxygen atoms in total. The van der Waals surface area contributed by atoms with E-state index in [-0.39, 0.29) is 0 Å². The molecule has 106 valence electrons. The number of H-pyrrole nitrogens is 1. The van der Waals surface area contributed by atoms with Crippen LogP contribution in [0.4, 0.5) is 5.69 Å². The molecule has 3 N–H and O–H groups in total. The molecule has 0 radical (unpaired) electrons. The Balaban J connectivity index is 1.56. The fourth-order valence-corrected chi connectivity index (χ4v) is 3.12. The van der Waals surface area contributed by atoms with Gasteiger partial charge in [-0.2, -0.15) is 0 Å². The van der Waals surface area contributed by atoms with Crippen molar-refractivity contribution in [3.8, 4) is 0 Å². The molecule has 4 heteroatoms. The summed E-state index contributed by atoms with van der Waals surface area (Å²) in [5.41, 5.74) is 11.8. The fraction of sp³-hybridized carbons (Fsp3) is 0.235. The summed E-state index contributed by atoms with van der Waals surface area (Å²) in [7, 11) is 0. The van der Waals surface area contributed by atoms with Gasteiger partial charge in [0.25, 0.3) is 0 Å². The number of nitrogens with one attached hydrogen (secondary N) is 1. The molecule has 2 aromatic carbocycles. The van der Waals surface area contributed by atoms with Crippen molar-refractivity contribution in [1.82, 2.24) is 14.9 Å². The van der Waals surface area contributed by atoms with Gasteiger partial charge in [-0.1, -0.05) is 24.3 Å². The molecule has 0 saturated carbocycles. The third-order valence-corrected chi connectivity index (χ3v) is 4.19. The highest BCUT2D eigenvalue weighted by atomic mass is 15.2. The minimum Gasteiger partial charge on any atom is -0.398 e. The molecule has 0 amide bonds. The van der Waals surface area contributed by atoms with Crippen molar-refractivity contribution in [2.75, 3.05) is 12.3 Å². The molecule has 0 unspecified atom stereocenters. The highest BCUT2D eigenvalue weighted by molar-refractivity contribution is 5.74. The molecule has 1 aliphatic heterocycles. The first-order chi connectivity index (χ1) is 10.3. The number of hydrogen-bond donors (Lipinski definition) is 2. The first-order valence-corrected chi connectivity index (χ1v) is 7.32. The molecule has 0 saturated heterocycles. The minimum atomic E-state index is 0.850. The van der Waals surface area contributed by atoms with Gasteiger partial charge in [0.05, 0.1) is 17.6 Å². The number of nitrogens with zero attached hydrogens (tertiary/aromatic N) is 2. The van der Waals surface area contributed by atoms with Crippen molar-refractivity contribution in [3.63, 3.8) is 0 Å². The van der Waals surface area contributed by atoms with Crippen molar-refractivity contribution in [2.45, 2.75) is 19.5 Å². The zero-order chi connectivity index (χ0) is 14.2. The Morgan fingerprint density at radius 1 is 1.14 bits per heavy atom. The number of para-hydroxylation sites is 2. The van der Waals surface area contributed by atoms with Gasteiger partial charge in [0.15, 0.2) is 0 Å². The van der Waals surface area contributed by atoms with Crippen LogP contribution in [0, 0.1) is 0 Å². The Morgan fingerprint density at radius 2 is 2.05 bits per heavy atom. The fourth-order valence-electron chi connectivity index (χ4n) is 3.12. The zero-order valence-corrected chi connectivity index (χ0v) is 11.8. The summed E-state index contributed by atoms with van der Waals surface area (Å²) in [5.74, 6) is 1.03. The number of fused-ring (bicyclic) bond motifs is 2. The third kappa shape index (κ3) is 2.28. The van der Waals surface area contributed by atoms with Gasteiger partial charge in [-0.05, 0) is 35.7 Å². The van der Waals surface area contributed by atoms with Crippen molar-refractivity contribution in [2.24, 2.45) is 0 Å². The van der Waals surface area contributed by atoms with Crippen molar-refractivity contribution >= 4 is 16.7 Å². The highest BCUT2D eigenvalue weighted by Gasteiger charge is 2.18. The maximum atomic E-state index is 6.05. The lowest BCUT2D eigenvalue weighted by molar-refractivity contribution is 0.241. The van der Waals surface area contributed by atoms with E-state index < -0.39 is 0 Å². The highest BCUT2D eigenvalue weighted by Crippen LogP contribution is 2.25. The lowest BCUT2D eigenvalue weighted by Crippen LogP contribution is -2.30. The van der Waals surface area contributed by atoms with Gasteiger partial charge >= 0.3 is 0 Å². The smallest absolute Gasteiger partial charge is 0.121 e. The molecule has 2 heterocycles. The van der Waals surface area contributed by atoms with Gasteiger partial charge < -0.3 is 10.7 Å². The standard InChI is InChI=1S/C17H18N4/c18-14-5-3-4-12-10-21(9-8-13(12)14)11-17-19-15-6-1-2-7-16(15)20-17/h1-7H,8-11,18H2,(H,19,20). The number of nitrogens with two attached hydrogens (primary N) is 1. The molecular formula is C17H18N4. The molecule has 21 heavy (non-hydrogen) atoms. The van der Waals surface area contributed by atoms with Gasteiger partial charge in [0, 0.05) is 18.8 Å². The molecule has 0 aliphatic carbocycles. The average Bonchev–Trinajstić information content (AvgIpc) is 2.89. The summed E-state index contributed by atoms with van der Waals surface area (Å²) in [6.45, 7) is 2.82. The van der Waals surface area contributed by atoms with Crippen LogP contribution in [0.3, 0.4) is 0 Å². The van der Waals surface area contributed by atoms with Crippen LogP contribution in [0.25, 0.3) is 11.0 Å². The lowest BCUT2D eigenvalue weighted by Gasteiger charge is -2.28. The van der Waals surface area contributed by atoms with Crippen LogP contribution in [-0.2, 0) is 19.5 Å². The second kappa shape index (κ2) is 4.90. The van der Waals surface area contributed by atoms with Crippen molar-refractivity contribution < 1.29 is 0 Å². The Hall–Kier alpha value is -2.33. The van der Waals surface area contributed by atoms with Crippen LogP contribution in [0.2, 0.25) is 0 Å². The maximum Gasteiger partial charge on any atom is 0.121 e. The average molecular weight is 278 g/mol. The minimum absolute atomic E-state index is 0.850. The Kier molecular flexibility index (Phi) is 2.89. The Morgan fingerprint density at radius 3 is 2.95 bits per heavy atom. The Bertz CT molecular complexity index is 757. The number of hydrogen-bond acceptors (Lipinski definition) is 3. The molecule has 0 bridgehead atoms. The summed E-state index contributed by atoms with van der Waals surface area (Å²) in [6.07, 6.45) is 1.02. The molecular weight excluding hydrogens is 260 g/mol. The Labute approximate surface area is 123 Å². The summed E-state index contributed by atoms with van der Waals surface area (Å²) < 4.78 is 0. The number of aromatic amines is 1. The second-order valence-electron chi connectivity index (χ2n) is 5.65. The van der Waals surface area contributed by atoms with E-state index >= 15 is 0 Å². The van der Waals surface area contributed by atoms with Gasteiger partial charge in [0.2, 0.25) is 0 Å². The predicted octanol–water partition coefficient (Wildman–Crippen LogP) is 2.70. The van der Waals surface area contributed by atoms with Crippen molar-refractivity contribution in [3.05, 3.63) is 59.4 Å². The number of aromatic nitrogens is 2. The van der Waals surface area contributed by atoms with Gasteiger partial charge in [-0.15, -0.1) is 0 Å². The number of nitrogen functional groups attached to an aromatic ring is 1. The largest absolute Gasteiger partial charge is 0.398 e.